The lowest BCUT2D eigenvalue weighted by Gasteiger charge is -2.22. The maximum Gasteiger partial charge on any atom is 0.286 e. The number of sulfonamides is 1. The number of benzene rings is 2. The molecule has 1 aromatic heterocycles. The number of nitrogens with one attached hydrogen (secondary N) is 1. The summed E-state index contributed by atoms with van der Waals surface area (Å²) in [7, 11) is -3.75. The third-order valence-corrected chi connectivity index (χ3v) is 8.31. The van der Waals surface area contributed by atoms with Crippen LogP contribution >= 0.6 is 11.3 Å². The first-order chi connectivity index (χ1) is 15.2. The van der Waals surface area contributed by atoms with Gasteiger partial charge in [0.05, 0.1) is 10.9 Å². The molecule has 3 aromatic rings. The van der Waals surface area contributed by atoms with Crippen molar-refractivity contribution in [1.82, 2.24) is 14.5 Å². The van der Waals surface area contributed by atoms with E-state index < -0.39 is 33.6 Å². The molecule has 1 saturated heterocycles. The Labute approximate surface area is 188 Å². The molecule has 168 valence electrons. The summed E-state index contributed by atoms with van der Waals surface area (Å²) < 4.78 is 54.4. The Balaban J connectivity index is 1.55. The van der Waals surface area contributed by atoms with Gasteiger partial charge in [-0.3, -0.25) is 4.79 Å². The number of halogens is 2. The van der Waals surface area contributed by atoms with E-state index in [9.17, 15) is 22.0 Å². The highest BCUT2D eigenvalue weighted by molar-refractivity contribution is 7.89. The van der Waals surface area contributed by atoms with Crippen LogP contribution in [0.3, 0.4) is 0 Å². The van der Waals surface area contributed by atoms with Crippen LogP contribution in [0.15, 0.2) is 41.3 Å². The molecule has 11 heteroatoms. The van der Waals surface area contributed by atoms with Crippen molar-refractivity contribution in [2.75, 3.05) is 11.9 Å². The zero-order valence-electron chi connectivity index (χ0n) is 17.3. The standard InChI is InChI=1S/C21H20F2N4O3S2/c1-12-5-7-15(10-13(12)2)32(29,30)27-9-3-4-18(27)20-25-26-21(31-20)19(28)24-14-6-8-16(22)17(23)11-14/h5-8,10-11,18H,3-4,9H2,1-2H3,(H,24,28). The summed E-state index contributed by atoms with van der Waals surface area (Å²) in [5.41, 5.74) is 1.96. The molecule has 1 fully saturated rings. The Hall–Kier alpha value is -2.76. The van der Waals surface area contributed by atoms with Crippen LogP contribution in [0.4, 0.5) is 14.5 Å². The number of anilines is 1. The van der Waals surface area contributed by atoms with E-state index in [-0.39, 0.29) is 15.6 Å². The van der Waals surface area contributed by atoms with Crippen molar-refractivity contribution in [3.05, 3.63) is 69.2 Å². The number of hydrogen-bond acceptors (Lipinski definition) is 6. The monoisotopic (exact) mass is 478 g/mol. The van der Waals surface area contributed by atoms with Crippen molar-refractivity contribution in [2.24, 2.45) is 0 Å². The van der Waals surface area contributed by atoms with E-state index in [1.165, 1.54) is 10.4 Å². The number of nitrogens with zero attached hydrogens (tertiary/aromatic N) is 3. The summed E-state index contributed by atoms with van der Waals surface area (Å²) in [6.45, 7) is 4.12. The molecule has 1 aliphatic heterocycles. The zero-order chi connectivity index (χ0) is 23.0. The maximum atomic E-state index is 13.4. The van der Waals surface area contributed by atoms with E-state index >= 15 is 0 Å². The third-order valence-electron chi connectivity index (χ3n) is 5.39. The second-order valence-corrected chi connectivity index (χ2v) is 10.4. The summed E-state index contributed by atoms with van der Waals surface area (Å²) in [5, 5.41) is 10.8. The Morgan fingerprint density at radius 2 is 1.88 bits per heavy atom. The maximum absolute atomic E-state index is 13.4. The van der Waals surface area contributed by atoms with Gasteiger partial charge in [0, 0.05) is 18.3 Å². The number of carbonyl (C=O) groups is 1. The fourth-order valence-electron chi connectivity index (χ4n) is 3.50. The van der Waals surface area contributed by atoms with Crippen molar-refractivity contribution >= 4 is 33.0 Å². The predicted octanol–water partition coefficient (Wildman–Crippen LogP) is 4.21. The highest BCUT2D eigenvalue weighted by Crippen LogP contribution is 2.38. The summed E-state index contributed by atoms with van der Waals surface area (Å²) >= 11 is 0.977. The van der Waals surface area contributed by atoms with Gasteiger partial charge < -0.3 is 5.32 Å². The molecule has 1 N–H and O–H groups in total. The van der Waals surface area contributed by atoms with Crippen LogP contribution in [0.25, 0.3) is 0 Å². The quantitative estimate of drug-likeness (QED) is 0.593. The van der Waals surface area contributed by atoms with Crippen LogP contribution in [0, 0.1) is 25.5 Å². The molecular formula is C21H20F2N4O3S2. The molecule has 2 aromatic carbocycles. The Morgan fingerprint density at radius 1 is 1.09 bits per heavy atom. The van der Waals surface area contributed by atoms with Gasteiger partial charge in [-0.1, -0.05) is 17.4 Å². The Kier molecular flexibility index (Phi) is 6.06. The second-order valence-electron chi connectivity index (χ2n) is 7.55. The van der Waals surface area contributed by atoms with Gasteiger partial charge in [0.25, 0.3) is 5.91 Å². The number of carbonyl (C=O) groups excluding carboxylic acids is 1. The van der Waals surface area contributed by atoms with Crippen LogP contribution in [-0.2, 0) is 10.0 Å². The molecule has 1 amide bonds. The second kappa shape index (κ2) is 8.64. The van der Waals surface area contributed by atoms with E-state index in [1.807, 2.05) is 13.8 Å². The lowest BCUT2D eigenvalue weighted by atomic mass is 10.1. The van der Waals surface area contributed by atoms with Gasteiger partial charge in [-0.2, -0.15) is 4.31 Å². The first-order valence-corrected chi connectivity index (χ1v) is 12.1. The first-order valence-electron chi connectivity index (χ1n) is 9.85. The molecule has 0 spiro atoms. The van der Waals surface area contributed by atoms with Crippen molar-refractivity contribution < 1.29 is 22.0 Å². The van der Waals surface area contributed by atoms with Crippen LogP contribution in [-0.4, -0.2) is 35.4 Å². The third kappa shape index (κ3) is 4.27. The molecule has 0 aliphatic carbocycles. The van der Waals surface area contributed by atoms with E-state index in [0.29, 0.717) is 24.4 Å². The van der Waals surface area contributed by atoms with Crippen LogP contribution in [0.1, 0.15) is 44.8 Å². The smallest absolute Gasteiger partial charge is 0.286 e. The lowest BCUT2D eigenvalue weighted by molar-refractivity contribution is 0.102. The van der Waals surface area contributed by atoms with Gasteiger partial charge in [-0.15, -0.1) is 10.2 Å². The molecule has 0 bridgehead atoms. The van der Waals surface area contributed by atoms with Crippen molar-refractivity contribution in [2.45, 2.75) is 37.6 Å². The average molecular weight is 479 g/mol. The minimum atomic E-state index is -3.75. The predicted molar refractivity (Wildman–Crippen MR) is 116 cm³/mol. The molecule has 4 rings (SSSR count). The van der Waals surface area contributed by atoms with E-state index in [2.05, 4.69) is 15.5 Å². The normalized spacial score (nSPS) is 16.9. The number of amides is 1. The summed E-state index contributed by atoms with van der Waals surface area (Å²) in [6.07, 6.45) is 1.22. The summed E-state index contributed by atoms with van der Waals surface area (Å²) in [5.74, 6) is -2.74. The van der Waals surface area contributed by atoms with Gasteiger partial charge in [0.15, 0.2) is 11.6 Å². The summed E-state index contributed by atoms with van der Waals surface area (Å²) in [4.78, 5) is 12.7. The fraction of sp³-hybridized carbons (Fsp3) is 0.286. The van der Waals surface area contributed by atoms with E-state index in [1.54, 1.807) is 18.2 Å². The van der Waals surface area contributed by atoms with Crippen molar-refractivity contribution in [3.63, 3.8) is 0 Å². The topological polar surface area (TPSA) is 92.3 Å². The minimum Gasteiger partial charge on any atom is -0.320 e. The molecule has 2 heterocycles. The molecule has 32 heavy (non-hydrogen) atoms. The molecule has 1 unspecified atom stereocenters. The molecular weight excluding hydrogens is 458 g/mol. The number of aryl methyl sites for hydroxylation is 2. The lowest BCUT2D eigenvalue weighted by Crippen LogP contribution is -2.30. The molecule has 1 atom stereocenters. The number of hydrogen-bond donors (Lipinski definition) is 1. The van der Waals surface area contributed by atoms with Crippen molar-refractivity contribution in [1.29, 1.82) is 0 Å². The van der Waals surface area contributed by atoms with E-state index in [4.69, 9.17) is 0 Å². The van der Waals surface area contributed by atoms with Gasteiger partial charge in [-0.25, -0.2) is 17.2 Å². The highest BCUT2D eigenvalue weighted by atomic mass is 32.2. The van der Waals surface area contributed by atoms with Gasteiger partial charge in [-0.05, 0) is 62.1 Å². The number of aromatic nitrogens is 2. The van der Waals surface area contributed by atoms with Crippen LogP contribution in [0.5, 0.6) is 0 Å². The summed E-state index contributed by atoms with van der Waals surface area (Å²) in [6, 6.07) is 7.50. The van der Waals surface area contributed by atoms with Gasteiger partial charge in [0.2, 0.25) is 15.0 Å². The SMILES string of the molecule is Cc1ccc(S(=O)(=O)N2CCCC2c2nnc(C(=O)Nc3ccc(F)c(F)c3)s2)cc1C. The molecule has 7 nitrogen and oxygen atoms in total. The van der Waals surface area contributed by atoms with Gasteiger partial charge in [0.1, 0.15) is 5.01 Å². The van der Waals surface area contributed by atoms with E-state index in [0.717, 1.165) is 34.6 Å². The zero-order valence-corrected chi connectivity index (χ0v) is 18.9. The molecule has 0 saturated carbocycles. The van der Waals surface area contributed by atoms with Crippen LogP contribution < -0.4 is 5.32 Å². The van der Waals surface area contributed by atoms with Gasteiger partial charge >= 0.3 is 0 Å². The van der Waals surface area contributed by atoms with Crippen LogP contribution in [0.2, 0.25) is 0 Å². The Morgan fingerprint density at radius 3 is 2.59 bits per heavy atom. The average Bonchev–Trinajstić information content (AvgIpc) is 3.42. The fourth-order valence-corrected chi connectivity index (χ4v) is 6.20. The Bertz CT molecular complexity index is 1290. The molecule has 1 aliphatic rings. The first kappa shape index (κ1) is 22.4. The highest BCUT2D eigenvalue weighted by Gasteiger charge is 2.38. The molecule has 0 radical (unpaired) electrons. The minimum absolute atomic E-state index is 0.000150. The number of rotatable bonds is 5. The largest absolute Gasteiger partial charge is 0.320 e. The van der Waals surface area contributed by atoms with Crippen molar-refractivity contribution in [3.8, 4) is 0 Å².